The van der Waals surface area contributed by atoms with Crippen molar-refractivity contribution in [2.75, 3.05) is 0 Å². The van der Waals surface area contributed by atoms with E-state index >= 15 is 0 Å². The first-order valence-electron chi connectivity index (χ1n) is 5.57. The van der Waals surface area contributed by atoms with Crippen LogP contribution in [0.3, 0.4) is 0 Å². The van der Waals surface area contributed by atoms with E-state index in [1.165, 1.54) is 0 Å². The lowest BCUT2D eigenvalue weighted by Crippen LogP contribution is -2.05. The van der Waals surface area contributed by atoms with Gasteiger partial charge in [0.05, 0.1) is 0 Å². The standard InChI is InChI=1S/C14H12N4.2ClH/c1-9-7-11(17-15)3-5-13(9)14-6-4-12(18-16)8-10(14)2;;/h3-8H,1-2H3;2*1H. The number of allylic oxidation sites excluding steroid dienone is 10. The lowest BCUT2D eigenvalue weighted by Gasteiger charge is -2.13. The van der Waals surface area contributed by atoms with Crippen LogP contribution in [0, 0.1) is 0 Å². The van der Waals surface area contributed by atoms with Crippen LogP contribution in [0.15, 0.2) is 58.7 Å². The van der Waals surface area contributed by atoms with E-state index in [2.05, 4.69) is 9.58 Å². The number of hydrogen-bond acceptors (Lipinski definition) is 0. The molecular weight excluding hydrogens is 295 g/mol. The van der Waals surface area contributed by atoms with Crippen LogP contribution in [0.25, 0.3) is 11.1 Å². The first-order chi connectivity index (χ1) is 8.65. The van der Waals surface area contributed by atoms with Gasteiger partial charge in [0.25, 0.3) is 0 Å². The van der Waals surface area contributed by atoms with Crippen molar-refractivity contribution in [3.05, 3.63) is 69.8 Å². The van der Waals surface area contributed by atoms with Crippen LogP contribution in [0.2, 0.25) is 0 Å². The van der Waals surface area contributed by atoms with Crippen LogP contribution in [-0.2, 0) is 0 Å². The van der Waals surface area contributed by atoms with Crippen molar-refractivity contribution in [2.45, 2.75) is 13.8 Å². The lowest BCUT2D eigenvalue weighted by atomic mass is 9.89. The second-order valence-electron chi connectivity index (χ2n) is 4.20. The van der Waals surface area contributed by atoms with Crippen LogP contribution in [0.5, 0.6) is 0 Å². The third-order valence-corrected chi connectivity index (χ3v) is 2.94. The van der Waals surface area contributed by atoms with Crippen molar-refractivity contribution in [3.8, 4) is 0 Å². The molecule has 0 radical (unpaired) electrons. The van der Waals surface area contributed by atoms with Crippen LogP contribution in [0.4, 0.5) is 0 Å². The molecule has 0 amide bonds. The average Bonchev–Trinajstić information content (AvgIpc) is 2.39. The summed E-state index contributed by atoms with van der Waals surface area (Å²) in [6.07, 6.45) is 11.0. The molecule has 20 heavy (non-hydrogen) atoms. The fraction of sp³-hybridized carbons (Fsp3) is 0.143. The lowest BCUT2D eigenvalue weighted by molar-refractivity contribution is -0.00211. The van der Waals surface area contributed by atoms with Gasteiger partial charge in [-0.1, -0.05) is 0 Å². The second-order valence-corrected chi connectivity index (χ2v) is 4.20. The number of hydrogen-bond donors (Lipinski definition) is 0. The van der Waals surface area contributed by atoms with E-state index in [-0.39, 0.29) is 24.8 Å². The molecule has 2 aliphatic rings. The summed E-state index contributed by atoms with van der Waals surface area (Å²) in [5.74, 6) is 0. The zero-order chi connectivity index (χ0) is 13.1. The molecule has 0 fully saturated rings. The van der Waals surface area contributed by atoms with Crippen LogP contribution >= 0.6 is 24.8 Å². The Bertz CT molecular complexity index is 607. The van der Waals surface area contributed by atoms with Crippen molar-refractivity contribution in [2.24, 2.45) is 0 Å². The Hall–Kier alpha value is -1.96. The summed E-state index contributed by atoms with van der Waals surface area (Å²) in [4.78, 5) is 6.34. The largest absolute Gasteiger partial charge is 0.361 e. The highest BCUT2D eigenvalue weighted by Crippen LogP contribution is 2.27. The van der Waals surface area contributed by atoms with Gasteiger partial charge < -0.3 is 11.1 Å². The number of halogens is 2. The molecule has 104 valence electrons. The molecule has 6 heteroatoms. The molecule has 2 rings (SSSR count). The predicted molar refractivity (Wildman–Crippen MR) is 84.6 cm³/mol. The summed E-state index contributed by atoms with van der Waals surface area (Å²) in [5, 5.41) is 0. The molecule has 0 aromatic rings. The minimum Gasteiger partial charge on any atom is -0.361 e. The summed E-state index contributed by atoms with van der Waals surface area (Å²) >= 11 is 0. The Morgan fingerprint density at radius 2 is 1.05 bits per heavy atom. The van der Waals surface area contributed by atoms with Gasteiger partial charge in [-0.15, -0.1) is 24.8 Å². The maximum Gasteiger partial charge on any atom is 0.315 e. The first-order valence-corrected chi connectivity index (χ1v) is 5.57. The fourth-order valence-electron chi connectivity index (χ4n) is 2.02. The van der Waals surface area contributed by atoms with Gasteiger partial charge in [0, 0.05) is 24.3 Å². The van der Waals surface area contributed by atoms with Gasteiger partial charge in [-0.25, -0.2) is 0 Å². The molecule has 0 atom stereocenters. The van der Waals surface area contributed by atoms with Gasteiger partial charge in [-0.2, -0.15) is 9.58 Å². The Morgan fingerprint density at radius 3 is 1.30 bits per heavy atom. The van der Waals surface area contributed by atoms with E-state index in [9.17, 15) is 0 Å². The summed E-state index contributed by atoms with van der Waals surface area (Å²) in [6.45, 7) is 3.93. The SMILES string of the molecule is CC1=CC(=[N+]=[N-])C=CC1=C1C=CC(=[N+]=[N-])C=C1C.Cl.Cl. The van der Waals surface area contributed by atoms with E-state index in [0.29, 0.717) is 11.4 Å². The highest BCUT2D eigenvalue weighted by molar-refractivity contribution is 6.04. The molecular formula is C14H14Cl2N4. The van der Waals surface area contributed by atoms with Crippen LogP contribution in [0.1, 0.15) is 13.8 Å². The molecule has 4 nitrogen and oxygen atoms in total. The van der Waals surface area contributed by atoms with E-state index in [1.54, 1.807) is 12.2 Å². The first kappa shape index (κ1) is 18.0. The van der Waals surface area contributed by atoms with Crippen molar-refractivity contribution in [3.63, 3.8) is 0 Å². The molecule has 0 spiro atoms. The molecule has 0 aromatic heterocycles. The second kappa shape index (κ2) is 7.59. The Morgan fingerprint density at radius 1 is 0.700 bits per heavy atom. The summed E-state index contributed by atoms with van der Waals surface area (Å²) in [7, 11) is 0. The number of nitrogens with zero attached hydrogens (tertiary/aromatic N) is 4. The highest BCUT2D eigenvalue weighted by atomic mass is 35.5. The summed E-state index contributed by atoms with van der Waals surface area (Å²) in [5.41, 5.74) is 22.7. The average molecular weight is 309 g/mol. The van der Waals surface area contributed by atoms with Gasteiger partial charge >= 0.3 is 11.4 Å². The molecule has 0 bridgehead atoms. The molecule has 0 N–H and O–H groups in total. The van der Waals surface area contributed by atoms with Crippen LogP contribution < -0.4 is 0 Å². The quantitative estimate of drug-likeness (QED) is 0.485. The Labute approximate surface area is 129 Å². The van der Waals surface area contributed by atoms with E-state index in [1.807, 2.05) is 38.2 Å². The third-order valence-electron chi connectivity index (χ3n) is 2.94. The minimum atomic E-state index is 0. The van der Waals surface area contributed by atoms with Crippen molar-refractivity contribution >= 4 is 36.2 Å². The van der Waals surface area contributed by atoms with Crippen molar-refractivity contribution in [1.29, 1.82) is 0 Å². The summed E-state index contributed by atoms with van der Waals surface area (Å²) in [6, 6.07) is 0. The molecule has 0 unspecified atom stereocenters. The topological polar surface area (TPSA) is 72.8 Å². The zero-order valence-electron chi connectivity index (χ0n) is 11.1. The van der Waals surface area contributed by atoms with Crippen molar-refractivity contribution < 1.29 is 9.58 Å². The number of rotatable bonds is 0. The fourth-order valence-corrected chi connectivity index (χ4v) is 2.02. The molecule has 0 heterocycles. The third kappa shape index (κ3) is 3.53. The molecule has 0 saturated carbocycles. The van der Waals surface area contributed by atoms with Gasteiger partial charge in [0.15, 0.2) is 0 Å². The van der Waals surface area contributed by atoms with Crippen molar-refractivity contribution in [1.82, 2.24) is 0 Å². The van der Waals surface area contributed by atoms with Gasteiger partial charge in [-0.3, -0.25) is 0 Å². The van der Waals surface area contributed by atoms with Gasteiger partial charge in [0.1, 0.15) is 0 Å². The monoisotopic (exact) mass is 308 g/mol. The maximum absolute atomic E-state index is 8.73. The molecule has 0 saturated heterocycles. The van der Waals surface area contributed by atoms with Gasteiger partial charge in [0.2, 0.25) is 0 Å². The van der Waals surface area contributed by atoms with E-state index in [0.717, 1.165) is 22.3 Å². The van der Waals surface area contributed by atoms with E-state index < -0.39 is 0 Å². The summed E-state index contributed by atoms with van der Waals surface area (Å²) < 4.78 is 0. The Balaban J connectivity index is 0.00000180. The molecule has 0 aliphatic heterocycles. The van der Waals surface area contributed by atoms with Gasteiger partial charge in [-0.05, 0) is 48.3 Å². The predicted octanol–water partition coefficient (Wildman–Crippen LogP) is 3.50. The Kier molecular flexibility index (Phi) is 6.84. The normalized spacial score (nSPS) is 20.1. The smallest absolute Gasteiger partial charge is 0.315 e. The minimum absolute atomic E-state index is 0. The molecule has 2 aliphatic carbocycles. The highest BCUT2D eigenvalue weighted by Gasteiger charge is 2.17. The van der Waals surface area contributed by atoms with E-state index in [4.69, 9.17) is 11.1 Å². The molecule has 0 aromatic carbocycles. The van der Waals surface area contributed by atoms with Crippen LogP contribution in [-0.4, -0.2) is 21.0 Å². The zero-order valence-corrected chi connectivity index (χ0v) is 12.7. The maximum atomic E-state index is 8.73.